The molecule has 0 aromatic heterocycles. The summed E-state index contributed by atoms with van der Waals surface area (Å²) in [6.07, 6.45) is 0.651. The van der Waals surface area contributed by atoms with E-state index in [0.29, 0.717) is 6.42 Å². The van der Waals surface area contributed by atoms with Gasteiger partial charge in [0.05, 0.1) is 6.61 Å². The van der Waals surface area contributed by atoms with E-state index in [2.05, 4.69) is 5.32 Å². The van der Waals surface area contributed by atoms with E-state index in [1.165, 1.54) is 7.11 Å². The third-order valence-corrected chi connectivity index (χ3v) is 2.44. The van der Waals surface area contributed by atoms with Crippen molar-refractivity contribution in [3.63, 3.8) is 0 Å². The standard InChI is InChI=1S/C10H19NO4/c1-5-10(2,3)9(14)11-7(6-15-4)8(12)13/h7H,5-6H2,1-4H3,(H,11,14)(H,12,13). The Balaban J connectivity index is 4.41. The molecule has 1 unspecified atom stereocenters. The fourth-order valence-electron chi connectivity index (χ4n) is 0.856. The molecule has 2 N–H and O–H groups in total. The van der Waals surface area contributed by atoms with Crippen LogP contribution in [0, 0.1) is 5.41 Å². The van der Waals surface area contributed by atoms with Crippen LogP contribution in [0.1, 0.15) is 27.2 Å². The smallest absolute Gasteiger partial charge is 0.328 e. The first-order chi connectivity index (χ1) is 6.85. The van der Waals surface area contributed by atoms with E-state index in [4.69, 9.17) is 9.84 Å². The van der Waals surface area contributed by atoms with Gasteiger partial charge in [0.1, 0.15) is 0 Å². The second-order valence-corrected chi connectivity index (χ2v) is 4.06. The molecule has 0 bridgehead atoms. The van der Waals surface area contributed by atoms with Gasteiger partial charge in [-0.25, -0.2) is 4.79 Å². The van der Waals surface area contributed by atoms with Gasteiger partial charge in [0, 0.05) is 12.5 Å². The highest BCUT2D eigenvalue weighted by Gasteiger charge is 2.29. The van der Waals surface area contributed by atoms with Crippen molar-refractivity contribution in [2.24, 2.45) is 5.41 Å². The molecule has 0 aromatic rings. The Morgan fingerprint density at radius 3 is 2.33 bits per heavy atom. The number of hydrogen-bond donors (Lipinski definition) is 2. The van der Waals surface area contributed by atoms with Gasteiger partial charge in [-0.1, -0.05) is 20.8 Å². The number of carbonyl (C=O) groups is 2. The summed E-state index contributed by atoms with van der Waals surface area (Å²) in [6.45, 7) is 5.40. The van der Waals surface area contributed by atoms with Crippen molar-refractivity contribution in [1.82, 2.24) is 5.32 Å². The zero-order valence-electron chi connectivity index (χ0n) is 9.66. The molecule has 88 valence electrons. The third kappa shape index (κ3) is 4.29. The van der Waals surface area contributed by atoms with Crippen LogP contribution < -0.4 is 5.32 Å². The highest BCUT2D eigenvalue weighted by molar-refractivity contribution is 5.86. The molecular weight excluding hydrogens is 198 g/mol. The van der Waals surface area contributed by atoms with Crippen molar-refractivity contribution < 1.29 is 19.4 Å². The van der Waals surface area contributed by atoms with Crippen molar-refractivity contribution in [3.05, 3.63) is 0 Å². The molecule has 5 heteroatoms. The Bertz CT molecular complexity index is 238. The summed E-state index contributed by atoms with van der Waals surface area (Å²) in [5, 5.41) is 11.2. The molecule has 0 rings (SSSR count). The van der Waals surface area contributed by atoms with E-state index in [-0.39, 0.29) is 12.5 Å². The largest absolute Gasteiger partial charge is 0.480 e. The number of hydrogen-bond acceptors (Lipinski definition) is 3. The average Bonchev–Trinajstić information content (AvgIpc) is 2.16. The van der Waals surface area contributed by atoms with E-state index >= 15 is 0 Å². The van der Waals surface area contributed by atoms with Crippen LogP contribution in [0.5, 0.6) is 0 Å². The van der Waals surface area contributed by atoms with Gasteiger partial charge >= 0.3 is 5.97 Å². The van der Waals surface area contributed by atoms with Crippen molar-refractivity contribution in [3.8, 4) is 0 Å². The molecule has 5 nitrogen and oxygen atoms in total. The molecular formula is C10H19NO4. The number of carboxylic acids is 1. The third-order valence-electron chi connectivity index (χ3n) is 2.44. The van der Waals surface area contributed by atoms with E-state index in [9.17, 15) is 9.59 Å². The lowest BCUT2D eigenvalue weighted by Crippen LogP contribution is -2.48. The molecule has 0 fully saturated rings. The zero-order valence-corrected chi connectivity index (χ0v) is 9.66. The molecule has 1 atom stereocenters. The number of ether oxygens (including phenoxy) is 1. The first-order valence-electron chi connectivity index (χ1n) is 4.88. The van der Waals surface area contributed by atoms with Gasteiger partial charge < -0.3 is 15.2 Å². The van der Waals surface area contributed by atoms with Crippen LogP contribution in [0.4, 0.5) is 0 Å². The van der Waals surface area contributed by atoms with E-state index in [1.807, 2.05) is 6.92 Å². The Labute approximate surface area is 89.8 Å². The Morgan fingerprint density at radius 2 is 2.00 bits per heavy atom. The molecule has 0 spiro atoms. The highest BCUT2D eigenvalue weighted by atomic mass is 16.5. The van der Waals surface area contributed by atoms with Crippen molar-refractivity contribution in [2.45, 2.75) is 33.2 Å². The minimum absolute atomic E-state index is 0.0269. The van der Waals surface area contributed by atoms with Gasteiger partial charge in [0.25, 0.3) is 0 Å². The predicted octanol–water partition coefficient (Wildman–Crippen LogP) is 0.638. The summed E-state index contributed by atoms with van der Waals surface area (Å²) in [6, 6.07) is -0.978. The summed E-state index contributed by atoms with van der Waals surface area (Å²) < 4.78 is 4.72. The van der Waals surface area contributed by atoms with Crippen LogP contribution in [0.15, 0.2) is 0 Å². The maximum Gasteiger partial charge on any atom is 0.328 e. The fraction of sp³-hybridized carbons (Fsp3) is 0.800. The molecule has 0 saturated heterocycles. The van der Waals surface area contributed by atoms with Crippen LogP contribution in [-0.4, -0.2) is 36.7 Å². The average molecular weight is 217 g/mol. The normalized spacial score (nSPS) is 13.3. The molecule has 15 heavy (non-hydrogen) atoms. The number of nitrogens with one attached hydrogen (secondary N) is 1. The lowest BCUT2D eigenvalue weighted by atomic mass is 9.89. The Morgan fingerprint density at radius 1 is 1.47 bits per heavy atom. The van der Waals surface area contributed by atoms with Gasteiger partial charge in [-0.3, -0.25) is 4.79 Å². The van der Waals surface area contributed by atoms with Crippen molar-refractivity contribution in [2.75, 3.05) is 13.7 Å². The van der Waals surface area contributed by atoms with E-state index in [1.54, 1.807) is 13.8 Å². The molecule has 0 saturated carbocycles. The van der Waals surface area contributed by atoms with Crippen LogP contribution in [0.25, 0.3) is 0 Å². The van der Waals surface area contributed by atoms with Crippen molar-refractivity contribution in [1.29, 1.82) is 0 Å². The second-order valence-electron chi connectivity index (χ2n) is 4.06. The van der Waals surface area contributed by atoms with Gasteiger partial charge in [-0.15, -0.1) is 0 Å². The lowest BCUT2D eigenvalue weighted by Gasteiger charge is -2.24. The van der Waals surface area contributed by atoms with Crippen LogP contribution in [0.3, 0.4) is 0 Å². The molecule has 0 aliphatic heterocycles. The first-order valence-corrected chi connectivity index (χ1v) is 4.88. The van der Waals surface area contributed by atoms with Crippen LogP contribution >= 0.6 is 0 Å². The maximum absolute atomic E-state index is 11.7. The quantitative estimate of drug-likeness (QED) is 0.684. The van der Waals surface area contributed by atoms with Gasteiger partial charge in [0.2, 0.25) is 5.91 Å². The molecule has 0 aliphatic rings. The second kappa shape index (κ2) is 5.70. The number of carbonyl (C=O) groups excluding carboxylic acids is 1. The summed E-state index contributed by atoms with van der Waals surface area (Å²) in [5.74, 6) is -1.36. The number of aliphatic carboxylic acids is 1. The molecule has 0 aliphatic carbocycles. The topological polar surface area (TPSA) is 75.6 Å². The van der Waals surface area contributed by atoms with Crippen LogP contribution in [0.2, 0.25) is 0 Å². The number of amides is 1. The number of carboxylic acid groups (broad SMARTS) is 1. The molecule has 1 amide bonds. The van der Waals surface area contributed by atoms with Crippen LogP contribution in [-0.2, 0) is 14.3 Å². The fourth-order valence-corrected chi connectivity index (χ4v) is 0.856. The minimum atomic E-state index is -1.09. The van der Waals surface area contributed by atoms with Gasteiger partial charge in [-0.05, 0) is 6.42 Å². The summed E-state index contributed by atoms with van der Waals surface area (Å²) >= 11 is 0. The summed E-state index contributed by atoms with van der Waals surface area (Å²) in [5.41, 5.74) is -0.554. The SMILES string of the molecule is CCC(C)(C)C(=O)NC(COC)C(=O)O. The number of rotatable bonds is 6. The predicted molar refractivity (Wildman–Crippen MR) is 55.5 cm³/mol. The maximum atomic E-state index is 11.7. The Hall–Kier alpha value is -1.10. The van der Waals surface area contributed by atoms with E-state index < -0.39 is 17.4 Å². The summed E-state index contributed by atoms with van der Waals surface area (Å²) in [7, 11) is 1.40. The van der Waals surface area contributed by atoms with E-state index in [0.717, 1.165) is 0 Å². The minimum Gasteiger partial charge on any atom is -0.480 e. The zero-order chi connectivity index (χ0) is 12.1. The lowest BCUT2D eigenvalue weighted by molar-refractivity contribution is -0.145. The number of methoxy groups -OCH3 is 1. The van der Waals surface area contributed by atoms with Gasteiger partial charge in [-0.2, -0.15) is 0 Å². The Kier molecular flexibility index (Phi) is 5.28. The monoisotopic (exact) mass is 217 g/mol. The van der Waals surface area contributed by atoms with Gasteiger partial charge in [0.15, 0.2) is 6.04 Å². The molecule has 0 radical (unpaired) electrons. The molecule has 0 heterocycles. The highest BCUT2D eigenvalue weighted by Crippen LogP contribution is 2.19. The van der Waals surface area contributed by atoms with Crippen molar-refractivity contribution >= 4 is 11.9 Å². The molecule has 0 aromatic carbocycles. The summed E-state index contributed by atoms with van der Waals surface area (Å²) in [4.78, 5) is 22.4. The first kappa shape index (κ1) is 13.9.